The number of hydrogen-bond acceptors (Lipinski definition) is 9. The van der Waals surface area contributed by atoms with Gasteiger partial charge in [0.1, 0.15) is 29.4 Å². The van der Waals surface area contributed by atoms with E-state index in [1.807, 2.05) is 12.1 Å². The van der Waals surface area contributed by atoms with Crippen LogP contribution in [0.15, 0.2) is 54.1 Å². The van der Waals surface area contributed by atoms with Gasteiger partial charge in [0.05, 0.1) is 22.7 Å². The predicted octanol–water partition coefficient (Wildman–Crippen LogP) is 5.31. The summed E-state index contributed by atoms with van der Waals surface area (Å²) in [5, 5.41) is 30.1. The molecule has 9 nitrogen and oxygen atoms in total. The number of rotatable bonds is 10. The van der Waals surface area contributed by atoms with E-state index in [0.717, 1.165) is 11.3 Å². The third-order valence-corrected chi connectivity index (χ3v) is 6.57. The van der Waals surface area contributed by atoms with Gasteiger partial charge in [0.2, 0.25) is 0 Å². The molecule has 0 aliphatic heterocycles. The maximum absolute atomic E-state index is 13.0. The van der Waals surface area contributed by atoms with Crippen molar-refractivity contribution in [3.8, 4) is 17.9 Å². The number of carbonyl (C=O) groups is 2. The average Bonchev–Trinajstić information content (AvgIpc) is 3.21. The highest BCUT2D eigenvalue weighted by molar-refractivity contribution is 7.14. The van der Waals surface area contributed by atoms with Crippen molar-refractivity contribution < 1.29 is 24.0 Å². The molecule has 3 aromatic rings. The molecular weight excluding hydrogens is 494 g/mol. The molecule has 1 aromatic heterocycles. The quantitative estimate of drug-likeness (QED) is 0.116. The highest BCUT2D eigenvalue weighted by Crippen LogP contribution is 2.30. The maximum Gasteiger partial charge on any atom is 0.348 e. The van der Waals surface area contributed by atoms with E-state index < -0.39 is 16.7 Å². The molecule has 0 amide bonds. The minimum absolute atomic E-state index is 0.0286. The van der Waals surface area contributed by atoms with Crippen LogP contribution in [-0.2, 0) is 22.6 Å². The van der Waals surface area contributed by atoms with Crippen molar-refractivity contribution in [3.05, 3.63) is 96.2 Å². The molecule has 10 heteroatoms. The van der Waals surface area contributed by atoms with Gasteiger partial charge in [-0.1, -0.05) is 18.2 Å². The molecule has 0 atom stereocenters. The van der Waals surface area contributed by atoms with Crippen LogP contribution in [0.5, 0.6) is 5.75 Å². The second kappa shape index (κ2) is 12.2. The Kier molecular flexibility index (Phi) is 8.87. The fraction of sp³-hybridized carbons (Fsp3) is 0.185. The number of ether oxygens (including phenoxy) is 2. The fourth-order valence-electron chi connectivity index (χ4n) is 3.41. The summed E-state index contributed by atoms with van der Waals surface area (Å²) in [6.45, 7) is 3.59. The highest BCUT2D eigenvalue weighted by Gasteiger charge is 2.23. The molecule has 0 saturated heterocycles. The van der Waals surface area contributed by atoms with Gasteiger partial charge in [0.15, 0.2) is 5.78 Å². The predicted molar refractivity (Wildman–Crippen MR) is 136 cm³/mol. The number of thiophene rings is 1. The van der Waals surface area contributed by atoms with Crippen molar-refractivity contribution in [3.63, 3.8) is 0 Å². The number of nitrogens with zero attached hydrogens (tertiary/aromatic N) is 3. The van der Waals surface area contributed by atoms with Gasteiger partial charge in [-0.15, -0.1) is 11.3 Å². The molecule has 0 radical (unpaired) electrons. The van der Waals surface area contributed by atoms with Gasteiger partial charge in [0.25, 0.3) is 5.69 Å². The third-order valence-electron chi connectivity index (χ3n) is 5.29. The Morgan fingerprint density at radius 1 is 1.14 bits per heavy atom. The van der Waals surface area contributed by atoms with Crippen LogP contribution < -0.4 is 4.74 Å². The summed E-state index contributed by atoms with van der Waals surface area (Å²) in [4.78, 5) is 36.2. The molecule has 0 N–H and O–H groups in total. The summed E-state index contributed by atoms with van der Waals surface area (Å²) in [5.41, 5.74) is 1.70. The lowest BCUT2D eigenvalue weighted by molar-refractivity contribution is -0.384. The van der Waals surface area contributed by atoms with Crippen LogP contribution in [0.4, 0.5) is 5.69 Å². The average molecular weight is 516 g/mol. The van der Waals surface area contributed by atoms with Gasteiger partial charge in [0, 0.05) is 29.0 Å². The van der Waals surface area contributed by atoms with E-state index in [9.17, 15) is 30.2 Å². The number of benzene rings is 2. The van der Waals surface area contributed by atoms with Crippen molar-refractivity contribution >= 4 is 34.9 Å². The number of hydrogen-bond donors (Lipinski definition) is 0. The van der Waals surface area contributed by atoms with Crippen LogP contribution in [0.3, 0.4) is 0 Å². The fourth-order valence-corrected chi connectivity index (χ4v) is 4.56. The van der Waals surface area contributed by atoms with Crippen molar-refractivity contribution in [1.82, 2.24) is 0 Å². The lowest BCUT2D eigenvalue weighted by Crippen LogP contribution is -2.05. The Bertz CT molecular complexity index is 1460. The number of nitro groups is 1. The number of allylic oxidation sites excluding steroid dienone is 1. The zero-order valence-corrected chi connectivity index (χ0v) is 20.8. The molecule has 0 spiro atoms. The van der Waals surface area contributed by atoms with E-state index in [1.54, 1.807) is 50.2 Å². The number of carbonyl (C=O) groups excluding carboxylic acids is 2. The smallest absolute Gasteiger partial charge is 0.348 e. The van der Waals surface area contributed by atoms with Crippen molar-refractivity contribution in [2.75, 3.05) is 6.61 Å². The van der Waals surface area contributed by atoms with Crippen molar-refractivity contribution in [2.45, 2.75) is 26.9 Å². The Hall–Kier alpha value is -4.80. The Morgan fingerprint density at radius 3 is 2.46 bits per heavy atom. The molecule has 0 fully saturated rings. The first-order valence-corrected chi connectivity index (χ1v) is 11.9. The number of nitro benzene ring substituents is 1. The number of non-ortho nitro benzene ring substituents is 1. The molecule has 0 aliphatic rings. The molecule has 1 heterocycles. The second-order valence-corrected chi connectivity index (χ2v) is 8.81. The topological polar surface area (TPSA) is 143 Å². The van der Waals surface area contributed by atoms with E-state index in [4.69, 9.17) is 9.47 Å². The number of nitriles is 2. The molecule has 2 aromatic carbocycles. The van der Waals surface area contributed by atoms with E-state index in [0.29, 0.717) is 27.3 Å². The van der Waals surface area contributed by atoms with Gasteiger partial charge in [-0.3, -0.25) is 14.9 Å². The molecule has 186 valence electrons. The second-order valence-electron chi connectivity index (χ2n) is 7.71. The minimum atomic E-state index is -0.560. The summed E-state index contributed by atoms with van der Waals surface area (Å²) < 4.78 is 10.9. The van der Waals surface area contributed by atoms with Crippen LogP contribution >= 0.6 is 11.3 Å². The van der Waals surface area contributed by atoms with E-state index >= 15 is 0 Å². The molecule has 0 aliphatic carbocycles. The molecular formula is C27H21N3O6S. The van der Waals surface area contributed by atoms with Crippen LogP contribution in [0.2, 0.25) is 0 Å². The van der Waals surface area contributed by atoms with Gasteiger partial charge < -0.3 is 9.47 Å². The van der Waals surface area contributed by atoms with Crippen molar-refractivity contribution in [2.24, 2.45) is 0 Å². The molecule has 0 unspecified atom stereocenters. The Morgan fingerprint density at radius 2 is 1.84 bits per heavy atom. The molecule has 0 saturated carbocycles. The lowest BCUT2D eigenvalue weighted by atomic mass is 10.0. The number of esters is 1. The van der Waals surface area contributed by atoms with E-state index in [2.05, 4.69) is 0 Å². The summed E-state index contributed by atoms with van der Waals surface area (Å²) >= 11 is 1.01. The SMILES string of the molecule is CCOC(=O)c1sc(CC(=O)/C(C#N)=C/c2ccccc2OCc2ccc([N+](=O)[O-])cc2)c(C#N)c1C. The highest BCUT2D eigenvalue weighted by atomic mass is 32.1. The normalized spacial score (nSPS) is 10.8. The van der Waals surface area contributed by atoms with Crippen molar-refractivity contribution in [1.29, 1.82) is 10.5 Å². The van der Waals surface area contributed by atoms with Gasteiger partial charge >= 0.3 is 5.97 Å². The standard InChI is InChI=1S/C27H21N3O6S/c1-3-35-27(32)26-17(2)22(15-29)25(37-26)13-23(31)20(14-28)12-19-6-4-5-7-24(19)36-16-18-8-10-21(11-9-18)30(33)34/h4-12H,3,13,16H2,1-2H3/b20-12+. The summed E-state index contributed by atoms with van der Waals surface area (Å²) in [6.07, 6.45) is 1.19. The monoisotopic (exact) mass is 515 g/mol. The van der Waals surface area contributed by atoms with E-state index in [-0.39, 0.29) is 41.3 Å². The first kappa shape index (κ1) is 26.8. The van der Waals surface area contributed by atoms with Gasteiger partial charge in [-0.05, 0) is 49.2 Å². The molecule has 3 rings (SSSR count). The van der Waals surface area contributed by atoms with Crippen LogP contribution in [0.25, 0.3) is 6.08 Å². The van der Waals surface area contributed by atoms with Crippen LogP contribution in [0.1, 0.15) is 43.7 Å². The van der Waals surface area contributed by atoms with E-state index in [1.165, 1.54) is 18.2 Å². The molecule has 0 bridgehead atoms. The third kappa shape index (κ3) is 6.45. The first-order chi connectivity index (χ1) is 17.8. The zero-order chi connectivity index (χ0) is 26.9. The molecule has 37 heavy (non-hydrogen) atoms. The Balaban J connectivity index is 1.82. The van der Waals surface area contributed by atoms with Crippen LogP contribution in [-0.4, -0.2) is 23.3 Å². The maximum atomic E-state index is 13.0. The number of Topliss-reactive ketones (excluding diaryl/α,β-unsaturated/α-hetero) is 1. The van der Waals surface area contributed by atoms with Crippen LogP contribution in [0, 0.1) is 39.7 Å². The summed E-state index contributed by atoms with van der Waals surface area (Å²) in [6, 6.07) is 16.7. The van der Waals surface area contributed by atoms with Gasteiger partial charge in [-0.25, -0.2) is 4.79 Å². The summed E-state index contributed by atoms with van der Waals surface area (Å²) in [7, 11) is 0. The van der Waals surface area contributed by atoms with Gasteiger partial charge in [-0.2, -0.15) is 10.5 Å². The number of para-hydroxylation sites is 1. The lowest BCUT2D eigenvalue weighted by Gasteiger charge is -2.10. The minimum Gasteiger partial charge on any atom is -0.488 e. The first-order valence-electron chi connectivity index (χ1n) is 11.1. The number of ketones is 1. The zero-order valence-electron chi connectivity index (χ0n) is 20.0. The Labute approximate surface area is 216 Å². The summed E-state index contributed by atoms with van der Waals surface area (Å²) in [5.74, 6) is -0.660. The largest absolute Gasteiger partial charge is 0.488 e.